The van der Waals surface area contributed by atoms with Crippen molar-refractivity contribution in [1.29, 1.82) is 0 Å². The molecule has 0 saturated heterocycles. The molecule has 0 spiro atoms. The normalized spacial score (nSPS) is 15.8. The predicted octanol–water partition coefficient (Wildman–Crippen LogP) is 7.17. The van der Waals surface area contributed by atoms with Crippen molar-refractivity contribution in [2.45, 2.75) is 32.7 Å². The van der Waals surface area contributed by atoms with Crippen LogP contribution in [0.15, 0.2) is 0 Å². The van der Waals surface area contributed by atoms with E-state index in [-0.39, 0.29) is 5.04 Å². The van der Waals surface area contributed by atoms with E-state index in [0.29, 0.717) is 5.92 Å². The summed E-state index contributed by atoms with van der Waals surface area (Å²) in [5.74, 6) is 0.601. The van der Waals surface area contributed by atoms with Gasteiger partial charge >= 0.3 is 0 Å². The lowest BCUT2D eigenvalue weighted by Crippen LogP contribution is -2.63. The highest BCUT2D eigenvalue weighted by Gasteiger charge is 2.68. The van der Waals surface area contributed by atoms with Crippen molar-refractivity contribution in [3.8, 4) is 0 Å². The molecule has 0 N–H and O–H groups in total. The predicted molar refractivity (Wildman–Crippen MR) is 109 cm³/mol. The molecule has 0 fully saturated rings. The van der Waals surface area contributed by atoms with E-state index in [9.17, 15) is 0 Å². The van der Waals surface area contributed by atoms with Crippen LogP contribution < -0.4 is 0 Å². The van der Waals surface area contributed by atoms with E-state index >= 15 is 0 Å². The SMILES string of the molecule is CC(C)C(C)(C)[Si](Br)(Br)[Si](Br)(Br)[Si](Br)(Br)Br. The summed E-state index contributed by atoms with van der Waals surface area (Å²) in [7, 11) is 0. The standard InChI is InChI=1S/C6H13Br7Si3/c1-5(2)6(3,4)14(7,8)16(12,13)15(9,10)11/h5H,1-4H3. The Labute approximate surface area is 156 Å². The molecule has 10 heteroatoms. The quantitative estimate of drug-likeness (QED) is 0.213. The fourth-order valence-corrected chi connectivity index (χ4v) is 108. The Morgan fingerprint density at radius 1 is 0.812 bits per heavy atom. The lowest BCUT2D eigenvalue weighted by atomic mass is 9.99. The maximum absolute atomic E-state index is 4.03. The van der Waals surface area contributed by atoms with Crippen molar-refractivity contribution in [3.05, 3.63) is 0 Å². The van der Waals surface area contributed by atoms with Crippen molar-refractivity contribution < 1.29 is 0 Å². The average Bonchev–Trinajstić information content (AvgIpc) is 2.00. The second kappa shape index (κ2) is 6.41. The van der Waals surface area contributed by atoms with Crippen LogP contribution in [0.4, 0.5) is 0 Å². The maximum Gasteiger partial charge on any atom is 0.278 e. The van der Waals surface area contributed by atoms with Crippen molar-refractivity contribution >= 4 is 120 Å². The Hall–Kier alpha value is 4.01. The lowest BCUT2D eigenvalue weighted by molar-refractivity contribution is 0.475. The summed E-state index contributed by atoms with van der Waals surface area (Å²) in [6.45, 7) is 9.19. The van der Waals surface area contributed by atoms with Gasteiger partial charge in [-0.3, -0.25) is 0 Å². The molecule has 0 radical (unpaired) electrons. The van der Waals surface area contributed by atoms with E-state index in [1.54, 1.807) is 0 Å². The van der Waals surface area contributed by atoms with Gasteiger partial charge in [0.25, 0.3) is 3.45 Å². The van der Waals surface area contributed by atoms with Crippen LogP contribution in [0, 0.1) is 5.92 Å². The summed E-state index contributed by atoms with van der Waals surface area (Å²) < 4.78 is -3.64. The first-order chi connectivity index (χ1) is 6.69. The third kappa shape index (κ3) is 3.80. The fourth-order valence-electron chi connectivity index (χ4n) is 0.945. The molecule has 16 heavy (non-hydrogen) atoms. The molecule has 98 valence electrons. The van der Waals surface area contributed by atoms with Gasteiger partial charge in [-0.2, -0.15) is 0 Å². The van der Waals surface area contributed by atoms with Gasteiger partial charge in [0.05, 0.1) is 0 Å². The first kappa shape index (κ1) is 20.0. The van der Waals surface area contributed by atoms with Crippen LogP contribution in [0.2, 0.25) is 5.04 Å². The van der Waals surface area contributed by atoms with Gasteiger partial charge < -0.3 is 0 Å². The largest absolute Gasteiger partial charge is 0.278 e. The Bertz CT molecular complexity index is 257. The first-order valence-electron chi connectivity index (χ1n) is 4.52. The Morgan fingerprint density at radius 3 is 1.31 bits per heavy atom. The van der Waals surface area contributed by atoms with Crippen molar-refractivity contribution in [1.82, 2.24) is 0 Å². The number of rotatable bonds is 4. The molecule has 0 aliphatic rings. The van der Waals surface area contributed by atoms with Crippen LogP contribution in [-0.4, -0.2) is 12.6 Å². The number of hydrogen-bond donors (Lipinski definition) is 0. The van der Waals surface area contributed by atoms with E-state index in [0.717, 1.165) is 0 Å². The van der Waals surface area contributed by atoms with Crippen LogP contribution in [0.1, 0.15) is 27.7 Å². The van der Waals surface area contributed by atoms with E-state index in [4.69, 9.17) is 0 Å². The zero-order valence-corrected chi connectivity index (χ0v) is 23.3. The molecule has 0 heterocycles. The summed E-state index contributed by atoms with van der Waals surface area (Å²) in [6, 6.07) is 0. The molecular weight excluding hydrogens is 716 g/mol. The molecule has 0 aliphatic carbocycles. The van der Waals surface area contributed by atoms with Crippen LogP contribution in [0.5, 0.6) is 0 Å². The van der Waals surface area contributed by atoms with Gasteiger partial charge in [0.2, 0.25) is 9.18 Å². The Kier molecular flexibility index (Phi) is 8.02. The molecule has 0 aromatic carbocycles. The summed E-state index contributed by atoms with van der Waals surface area (Å²) in [4.78, 5) is -1.84. The van der Waals surface area contributed by atoms with Gasteiger partial charge in [0.15, 0.2) is 0 Å². The smallest absolute Gasteiger partial charge is 0.113 e. The molecule has 0 unspecified atom stereocenters. The first-order valence-corrected chi connectivity index (χ1v) is 28.3. The zero-order valence-electron chi connectivity index (χ0n) is 9.22. The third-order valence-corrected chi connectivity index (χ3v) is 139. The topological polar surface area (TPSA) is 0 Å². The monoisotopic (exact) mass is 721 g/mol. The van der Waals surface area contributed by atoms with Crippen molar-refractivity contribution in [2.24, 2.45) is 5.92 Å². The zero-order chi connectivity index (χ0) is 13.6. The summed E-state index contributed by atoms with van der Waals surface area (Å²) >= 11 is 27.4. The van der Waals surface area contributed by atoms with Crippen LogP contribution in [0.3, 0.4) is 0 Å². The molecule has 0 bridgehead atoms. The minimum Gasteiger partial charge on any atom is -0.113 e. The molecule has 0 aromatic rings. The molecular formula is C6H13Br7Si3. The second-order valence-corrected chi connectivity index (χ2v) is 80.3. The average molecular weight is 729 g/mol. The maximum atomic E-state index is 4.03. The van der Waals surface area contributed by atoms with Gasteiger partial charge in [-0.25, -0.2) is 0 Å². The molecule has 0 rings (SSSR count). The summed E-state index contributed by atoms with van der Waals surface area (Å²) in [5.41, 5.74) is 0. The number of hydrogen-bond acceptors (Lipinski definition) is 0. The summed E-state index contributed by atoms with van der Waals surface area (Å²) in [6.07, 6.45) is 0. The fraction of sp³-hybridized carbons (Fsp3) is 1.00. The van der Waals surface area contributed by atoms with Gasteiger partial charge in [0, 0.05) is 0 Å². The summed E-state index contributed by atoms with van der Waals surface area (Å²) in [5, 5.41) is 0.222. The molecule has 0 saturated carbocycles. The number of halogens is 7. The van der Waals surface area contributed by atoms with Gasteiger partial charge in [-0.05, 0) is 11.0 Å². The molecule has 0 aromatic heterocycles. The molecule has 0 nitrogen and oxygen atoms in total. The van der Waals surface area contributed by atoms with Crippen LogP contribution >= 0.6 is 107 Å². The third-order valence-electron chi connectivity index (χ3n) is 3.00. The van der Waals surface area contributed by atoms with E-state index < -0.39 is 12.6 Å². The molecule has 0 amide bonds. The van der Waals surface area contributed by atoms with Crippen LogP contribution in [-0.2, 0) is 0 Å². The Morgan fingerprint density at radius 2 is 1.12 bits per heavy atom. The highest BCUT2D eigenvalue weighted by Crippen LogP contribution is 2.63. The van der Waals surface area contributed by atoms with Gasteiger partial charge in [0.1, 0.15) is 0 Å². The minimum atomic E-state index is -1.84. The lowest BCUT2D eigenvalue weighted by Gasteiger charge is -2.47. The van der Waals surface area contributed by atoms with E-state index in [1.807, 2.05) is 0 Å². The van der Waals surface area contributed by atoms with E-state index in [2.05, 4.69) is 135 Å². The van der Waals surface area contributed by atoms with Gasteiger partial charge in [-0.1, -0.05) is 73.6 Å². The molecule has 0 aliphatic heterocycles. The van der Waals surface area contributed by atoms with E-state index in [1.165, 1.54) is 0 Å². The highest BCUT2D eigenvalue weighted by atomic mass is 80.0. The highest BCUT2D eigenvalue weighted by molar-refractivity contribution is 9.84. The van der Waals surface area contributed by atoms with Gasteiger partial charge in [-0.15, -0.1) is 61.2 Å². The molecule has 0 atom stereocenters. The second-order valence-electron chi connectivity index (χ2n) is 4.52. The van der Waals surface area contributed by atoms with Crippen molar-refractivity contribution in [3.63, 3.8) is 0 Å². The van der Waals surface area contributed by atoms with Crippen molar-refractivity contribution in [2.75, 3.05) is 0 Å². The Balaban J connectivity index is 5.53. The minimum absolute atomic E-state index is 0.222. The van der Waals surface area contributed by atoms with Crippen LogP contribution in [0.25, 0.3) is 0 Å².